The van der Waals surface area contributed by atoms with Crippen molar-refractivity contribution in [2.75, 3.05) is 17.4 Å². The van der Waals surface area contributed by atoms with Crippen molar-refractivity contribution in [2.24, 2.45) is 0 Å². The second-order valence-corrected chi connectivity index (χ2v) is 13.0. The van der Waals surface area contributed by atoms with Crippen LogP contribution in [0, 0.1) is 13.8 Å². The molecule has 2 amide bonds. The van der Waals surface area contributed by atoms with Crippen molar-refractivity contribution in [3.63, 3.8) is 0 Å². The summed E-state index contributed by atoms with van der Waals surface area (Å²) in [7, 11) is -4.15. The SMILES string of the molecule is CCCNC(=O)[C@@H](Cc1ccccc1)N(Cc1ccccc1Cl)C(=O)CN(c1ccc(C)cc1)S(=O)(=O)c1ccc(C)cc1. The average molecular weight is 632 g/mol. The van der Waals surface area contributed by atoms with Gasteiger partial charge in [-0.05, 0) is 61.7 Å². The number of halogens is 1. The fourth-order valence-corrected chi connectivity index (χ4v) is 6.42. The third-order valence-corrected chi connectivity index (χ3v) is 9.49. The molecular weight excluding hydrogens is 594 g/mol. The molecule has 0 aliphatic heterocycles. The number of amides is 2. The van der Waals surface area contributed by atoms with E-state index in [-0.39, 0.29) is 23.8 Å². The summed E-state index contributed by atoms with van der Waals surface area (Å²) in [6.07, 6.45) is 0.958. The van der Waals surface area contributed by atoms with Crippen molar-refractivity contribution < 1.29 is 18.0 Å². The summed E-state index contributed by atoms with van der Waals surface area (Å²) in [5.74, 6) is -0.854. The van der Waals surface area contributed by atoms with Crippen molar-refractivity contribution in [3.05, 3.63) is 130 Å². The first-order chi connectivity index (χ1) is 21.1. The van der Waals surface area contributed by atoms with E-state index >= 15 is 0 Å². The summed E-state index contributed by atoms with van der Waals surface area (Å²) in [4.78, 5) is 29.7. The van der Waals surface area contributed by atoms with Gasteiger partial charge in [0.15, 0.2) is 0 Å². The first kappa shape index (κ1) is 32.8. The third kappa shape index (κ3) is 8.27. The van der Waals surface area contributed by atoms with E-state index in [1.165, 1.54) is 17.0 Å². The maximum Gasteiger partial charge on any atom is 0.264 e. The highest BCUT2D eigenvalue weighted by Gasteiger charge is 2.34. The zero-order chi connectivity index (χ0) is 31.7. The molecule has 0 saturated heterocycles. The van der Waals surface area contributed by atoms with E-state index in [0.29, 0.717) is 22.8 Å². The number of hydrogen-bond acceptors (Lipinski definition) is 4. The van der Waals surface area contributed by atoms with Crippen LogP contribution in [0.3, 0.4) is 0 Å². The van der Waals surface area contributed by atoms with Gasteiger partial charge in [-0.3, -0.25) is 13.9 Å². The lowest BCUT2D eigenvalue weighted by Crippen LogP contribution is -2.53. The zero-order valence-electron chi connectivity index (χ0n) is 25.2. The molecule has 9 heteroatoms. The first-order valence-corrected chi connectivity index (χ1v) is 16.4. The summed E-state index contributed by atoms with van der Waals surface area (Å²) in [5, 5.41) is 3.39. The molecule has 0 aliphatic rings. The molecule has 0 heterocycles. The molecule has 1 N–H and O–H groups in total. The van der Waals surface area contributed by atoms with Gasteiger partial charge in [0.2, 0.25) is 11.8 Å². The lowest BCUT2D eigenvalue weighted by molar-refractivity contribution is -0.140. The number of anilines is 1. The van der Waals surface area contributed by atoms with Crippen LogP contribution in [0.5, 0.6) is 0 Å². The molecule has 0 spiro atoms. The van der Waals surface area contributed by atoms with Gasteiger partial charge >= 0.3 is 0 Å². The van der Waals surface area contributed by atoms with E-state index in [2.05, 4.69) is 5.32 Å². The molecule has 4 aromatic carbocycles. The van der Waals surface area contributed by atoms with Crippen molar-refractivity contribution >= 4 is 39.1 Å². The number of sulfonamides is 1. The molecule has 0 fully saturated rings. The first-order valence-electron chi connectivity index (χ1n) is 14.6. The molecule has 1 atom stereocenters. The highest BCUT2D eigenvalue weighted by molar-refractivity contribution is 7.92. The highest BCUT2D eigenvalue weighted by Crippen LogP contribution is 2.26. The maximum absolute atomic E-state index is 14.4. The highest BCUT2D eigenvalue weighted by atomic mass is 35.5. The molecule has 0 saturated carbocycles. The molecule has 0 aromatic heterocycles. The molecule has 7 nitrogen and oxygen atoms in total. The Morgan fingerprint density at radius 2 is 1.41 bits per heavy atom. The van der Waals surface area contributed by atoms with Gasteiger partial charge < -0.3 is 10.2 Å². The lowest BCUT2D eigenvalue weighted by atomic mass is 10.0. The smallest absolute Gasteiger partial charge is 0.264 e. The molecule has 230 valence electrons. The van der Waals surface area contributed by atoms with Gasteiger partial charge in [-0.15, -0.1) is 0 Å². The zero-order valence-corrected chi connectivity index (χ0v) is 26.8. The monoisotopic (exact) mass is 631 g/mol. The minimum Gasteiger partial charge on any atom is -0.354 e. The van der Waals surface area contributed by atoms with Crippen LogP contribution in [0.4, 0.5) is 5.69 Å². The second kappa shape index (κ2) is 15.0. The van der Waals surface area contributed by atoms with Gasteiger partial charge in [-0.2, -0.15) is 0 Å². The molecule has 0 unspecified atom stereocenters. The Morgan fingerprint density at radius 1 is 0.818 bits per heavy atom. The van der Waals surface area contributed by atoms with Gasteiger partial charge in [0.25, 0.3) is 10.0 Å². The van der Waals surface area contributed by atoms with Crippen LogP contribution >= 0.6 is 11.6 Å². The topological polar surface area (TPSA) is 86.8 Å². The van der Waals surface area contributed by atoms with E-state index in [0.717, 1.165) is 27.4 Å². The summed E-state index contributed by atoms with van der Waals surface area (Å²) in [6.45, 7) is 5.67. The fraction of sp³-hybridized carbons (Fsp3) is 0.257. The van der Waals surface area contributed by atoms with Crippen LogP contribution in [0.2, 0.25) is 5.02 Å². The Labute approximate surface area is 265 Å². The Bertz CT molecular complexity index is 1660. The fourth-order valence-electron chi connectivity index (χ4n) is 4.81. The van der Waals surface area contributed by atoms with Crippen LogP contribution in [0.25, 0.3) is 0 Å². The van der Waals surface area contributed by atoms with E-state index in [1.807, 2.05) is 57.2 Å². The van der Waals surface area contributed by atoms with Crippen LogP contribution in [0.15, 0.2) is 108 Å². The molecule has 0 aliphatic carbocycles. The lowest BCUT2D eigenvalue weighted by Gasteiger charge is -2.34. The average Bonchev–Trinajstić information content (AvgIpc) is 3.02. The predicted octanol–water partition coefficient (Wildman–Crippen LogP) is 6.32. The van der Waals surface area contributed by atoms with E-state index < -0.39 is 28.5 Å². The Hall–Kier alpha value is -4.14. The Balaban J connectivity index is 1.80. The van der Waals surface area contributed by atoms with E-state index in [9.17, 15) is 18.0 Å². The number of nitrogens with zero attached hydrogens (tertiary/aromatic N) is 2. The van der Waals surface area contributed by atoms with Crippen molar-refractivity contribution in [1.29, 1.82) is 0 Å². The molecular formula is C35H38ClN3O4S. The number of nitrogens with one attached hydrogen (secondary N) is 1. The van der Waals surface area contributed by atoms with Crippen molar-refractivity contribution in [2.45, 2.75) is 51.1 Å². The molecule has 4 rings (SSSR count). The van der Waals surface area contributed by atoms with Crippen LogP contribution in [-0.4, -0.2) is 44.3 Å². The summed E-state index contributed by atoms with van der Waals surface area (Å²) < 4.78 is 29.3. The quantitative estimate of drug-likeness (QED) is 0.187. The Morgan fingerprint density at radius 3 is 2.02 bits per heavy atom. The van der Waals surface area contributed by atoms with Gasteiger partial charge in [0.05, 0.1) is 10.6 Å². The maximum atomic E-state index is 14.4. The minimum atomic E-state index is -4.15. The van der Waals surface area contributed by atoms with Crippen LogP contribution < -0.4 is 9.62 Å². The minimum absolute atomic E-state index is 0.0157. The van der Waals surface area contributed by atoms with Crippen molar-refractivity contribution in [1.82, 2.24) is 10.2 Å². The van der Waals surface area contributed by atoms with E-state index in [4.69, 9.17) is 11.6 Å². The summed E-state index contributed by atoms with van der Waals surface area (Å²) in [6, 6.07) is 29.1. The molecule has 0 radical (unpaired) electrons. The number of hydrogen-bond donors (Lipinski definition) is 1. The van der Waals surface area contributed by atoms with Gasteiger partial charge in [-0.25, -0.2) is 8.42 Å². The van der Waals surface area contributed by atoms with Crippen molar-refractivity contribution in [3.8, 4) is 0 Å². The third-order valence-electron chi connectivity index (χ3n) is 7.33. The number of rotatable bonds is 13. The van der Waals surface area contributed by atoms with Gasteiger partial charge in [0.1, 0.15) is 12.6 Å². The standard InChI is InChI=1S/C35H38ClN3O4S/c1-4-22-37-35(41)33(23-28-10-6-5-7-11-28)38(24-29-12-8-9-13-32(29)36)34(40)25-39(30-18-14-26(2)15-19-30)44(42,43)31-20-16-27(3)17-21-31/h5-21,33H,4,22-25H2,1-3H3,(H,37,41)/t33-/m1/s1. The largest absolute Gasteiger partial charge is 0.354 e. The number of carbonyl (C=O) groups is 2. The number of benzene rings is 4. The molecule has 0 bridgehead atoms. The summed E-state index contributed by atoms with van der Waals surface area (Å²) in [5.41, 5.74) is 3.71. The Kier molecular flexibility index (Phi) is 11.2. The number of carbonyl (C=O) groups excluding carboxylic acids is 2. The second-order valence-electron chi connectivity index (χ2n) is 10.8. The predicted molar refractivity (Wildman–Crippen MR) is 176 cm³/mol. The molecule has 4 aromatic rings. The van der Waals surface area contributed by atoms with Gasteiger partial charge in [-0.1, -0.05) is 102 Å². The van der Waals surface area contributed by atoms with Crippen LogP contribution in [-0.2, 0) is 32.6 Å². The van der Waals surface area contributed by atoms with E-state index in [1.54, 1.807) is 54.6 Å². The molecule has 44 heavy (non-hydrogen) atoms. The summed E-state index contributed by atoms with van der Waals surface area (Å²) >= 11 is 6.54. The normalized spacial score (nSPS) is 11.9. The number of aryl methyl sites for hydroxylation is 2. The van der Waals surface area contributed by atoms with Crippen LogP contribution in [0.1, 0.15) is 35.6 Å². The van der Waals surface area contributed by atoms with Gasteiger partial charge in [0, 0.05) is 24.5 Å².